The van der Waals surface area contributed by atoms with Crippen molar-refractivity contribution in [2.24, 2.45) is 10.9 Å². The van der Waals surface area contributed by atoms with Crippen molar-refractivity contribution in [3.63, 3.8) is 0 Å². The number of nitrogens with zero attached hydrogens (tertiary/aromatic N) is 2. The van der Waals surface area contributed by atoms with Crippen LogP contribution in [0, 0.1) is 5.92 Å². The number of aliphatic hydroxyl groups excluding tert-OH is 1. The maximum absolute atomic E-state index is 11.2. The molecule has 0 aromatic carbocycles. The van der Waals surface area contributed by atoms with E-state index >= 15 is 0 Å². The van der Waals surface area contributed by atoms with Crippen LogP contribution < -0.4 is 10.9 Å². The molecule has 7 nitrogen and oxygen atoms in total. The minimum absolute atomic E-state index is 0.496. The number of rotatable bonds is 1. The van der Waals surface area contributed by atoms with E-state index in [2.05, 4.69) is 10.4 Å². The average Bonchev–Trinajstić information content (AvgIpc) is 2.53. The second-order valence-electron chi connectivity index (χ2n) is 3.27. The largest absolute Gasteiger partial charge is 0.376 e. The number of fused-ring (bicyclic) bond motifs is 1. The minimum atomic E-state index is -1.01. The van der Waals surface area contributed by atoms with Crippen molar-refractivity contribution < 1.29 is 15.1 Å². The number of carbonyl (C=O) groups is 1. The molecule has 7 heteroatoms. The molecule has 0 aliphatic carbocycles. The van der Waals surface area contributed by atoms with Crippen molar-refractivity contribution in [2.45, 2.75) is 12.6 Å². The molecule has 0 saturated carbocycles. The number of hydroxylamine groups is 1. The van der Waals surface area contributed by atoms with Crippen molar-refractivity contribution >= 4 is 11.7 Å². The third-order valence-electron chi connectivity index (χ3n) is 2.36. The fourth-order valence-electron chi connectivity index (χ4n) is 1.72. The summed E-state index contributed by atoms with van der Waals surface area (Å²) in [6.45, 7) is 1.36. The molecule has 0 radical (unpaired) electrons. The second kappa shape index (κ2) is 3.52. The van der Waals surface area contributed by atoms with Crippen LogP contribution in [0.25, 0.3) is 0 Å². The Balaban J connectivity index is 2.22. The lowest BCUT2D eigenvalue weighted by Gasteiger charge is -2.22. The van der Waals surface area contributed by atoms with Crippen molar-refractivity contribution in [3.8, 4) is 0 Å². The van der Waals surface area contributed by atoms with E-state index in [4.69, 9.17) is 5.21 Å². The molecule has 0 bridgehead atoms. The summed E-state index contributed by atoms with van der Waals surface area (Å²) < 4.78 is 0. The maximum Gasteiger partial charge on any atom is 0.258 e. The van der Waals surface area contributed by atoms with Crippen molar-refractivity contribution in [3.05, 3.63) is 0 Å². The summed E-state index contributed by atoms with van der Waals surface area (Å²) in [5, 5.41) is 19.7. The molecular formula is C7H12N4O3. The van der Waals surface area contributed by atoms with Crippen LogP contribution in [-0.2, 0) is 4.79 Å². The lowest BCUT2D eigenvalue weighted by atomic mass is 10.1. The number of hydrogen-bond donors (Lipinski definition) is 4. The lowest BCUT2D eigenvalue weighted by molar-refractivity contribution is -0.134. The van der Waals surface area contributed by atoms with Crippen LogP contribution in [0.15, 0.2) is 4.99 Å². The fourth-order valence-corrected chi connectivity index (χ4v) is 1.72. The molecule has 0 aromatic heterocycles. The highest BCUT2D eigenvalue weighted by Crippen LogP contribution is 2.19. The van der Waals surface area contributed by atoms with Crippen LogP contribution in [0.5, 0.6) is 0 Å². The van der Waals surface area contributed by atoms with Crippen molar-refractivity contribution in [2.75, 3.05) is 13.1 Å². The van der Waals surface area contributed by atoms with Crippen molar-refractivity contribution in [1.29, 1.82) is 0 Å². The Hall–Kier alpha value is -1.18. The standard InChI is InChI=1S/C7H12N4O3/c12-6-4(7(13)10-14)5-8-2-1-3-11(5)9-6/h4,6,9,12,14H,1-3H2,(H,10,13). The lowest BCUT2D eigenvalue weighted by Crippen LogP contribution is -2.40. The van der Waals surface area contributed by atoms with Crippen LogP contribution in [0.2, 0.25) is 0 Å². The topological polar surface area (TPSA) is 97.2 Å². The maximum atomic E-state index is 11.2. The Morgan fingerprint density at radius 2 is 2.50 bits per heavy atom. The van der Waals surface area contributed by atoms with E-state index < -0.39 is 18.1 Å². The number of aliphatic hydroxyl groups is 1. The number of nitrogens with one attached hydrogen (secondary N) is 2. The molecule has 1 fully saturated rings. The molecule has 0 spiro atoms. The van der Waals surface area contributed by atoms with Gasteiger partial charge in [-0.1, -0.05) is 0 Å². The van der Waals surface area contributed by atoms with Gasteiger partial charge in [0.1, 0.15) is 18.0 Å². The minimum Gasteiger partial charge on any atom is -0.376 e. The summed E-state index contributed by atoms with van der Waals surface area (Å²) in [7, 11) is 0. The molecule has 78 valence electrons. The Kier molecular flexibility index (Phi) is 2.36. The summed E-state index contributed by atoms with van der Waals surface area (Å²) in [5.74, 6) is -0.969. The summed E-state index contributed by atoms with van der Waals surface area (Å²) in [6, 6.07) is 0. The van der Waals surface area contributed by atoms with Crippen molar-refractivity contribution in [1.82, 2.24) is 15.9 Å². The van der Waals surface area contributed by atoms with Gasteiger partial charge in [-0.2, -0.15) is 0 Å². The van der Waals surface area contributed by atoms with Crippen LogP contribution in [0.4, 0.5) is 0 Å². The number of hydrogen-bond acceptors (Lipinski definition) is 6. The average molecular weight is 200 g/mol. The smallest absolute Gasteiger partial charge is 0.258 e. The predicted octanol–water partition coefficient (Wildman–Crippen LogP) is -1.95. The van der Waals surface area contributed by atoms with Gasteiger partial charge in [0, 0.05) is 13.1 Å². The van der Waals surface area contributed by atoms with Gasteiger partial charge in [-0.25, -0.2) is 10.9 Å². The molecule has 2 aliphatic rings. The Morgan fingerprint density at radius 3 is 3.21 bits per heavy atom. The molecule has 1 saturated heterocycles. The summed E-state index contributed by atoms with van der Waals surface area (Å²) in [6.07, 6.45) is -0.129. The fraction of sp³-hybridized carbons (Fsp3) is 0.714. The molecule has 2 rings (SSSR count). The van der Waals surface area contributed by atoms with Gasteiger partial charge >= 0.3 is 0 Å². The quantitative estimate of drug-likeness (QED) is 0.291. The van der Waals surface area contributed by atoms with Gasteiger partial charge in [0.15, 0.2) is 0 Å². The Labute approximate surface area is 80.3 Å². The van der Waals surface area contributed by atoms with Crippen LogP contribution in [0.1, 0.15) is 6.42 Å². The number of aliphatic imine (C=N–C) groups is 1. The Morgan fingerprint density at radius 1 is 1.71 bits per heavy atom. The predicted molar refractivity (Wildman–Crippen MR) is 46.2 cm³/mol. The molecule has 1 amide bonds. The second-order valence-corrected chi connectivity index (χ2v) is 3.27. The van der Waals surface area contributed by atoms with Gasteiger partial charge in [0.05, 0.1) is 0 Å². The van der Waals surface area contributed by atoms with E-state index in [1.165, 1.54) is 5.48 Å². The molecule has 14 heavy (non-hydrogen) atoms. The van der Waals surface area contributed by atoms with E-state index in [1.54, 1.807) is 5.01 Å². The van der Waals surface area contributed by atoms with Crippen LogP contribution in [0.3, 0.4) is 0 Å². The van der Waals surface area contributed by atoms with Gasteiger partial charge < -0.3 is 5.11 Å². The summed E-state index contributed by atoms with van der Waals surface area (Å²) >= 11 is 0. The SMILES string of the molecule is O=C(NO)C1C2=NCCCN2NC1O. The van der Waals surface area contributed by atoms with Gasteiger partial charge in [-0.3, -0.25) is 20.0 Å². The number of amidine groups is 1. The molecule has 4 N–H and O–H groups in total. The first-order valence-corrected chi connectivity index (χ1v) is 4.44. The zero-order valence-corrected chi connectivity index (χ0v) is 7.47. The zero-order chi connectivity index (χ0) is 10.1. The zero-order valence-electron chi connectivity index (χ0n) is 7.47. The summed E-state index contributed by atoms with van der Waals surface area (Å²) in [5.41, 5.74) is 4.23. The van der Waals surface area contributed by atoms with Crippen LogP contribution in [-0.4, -0.2) is 46.4 Å². The highest BCUT2D eigenvalue weighted by molar-refractivity contribution is 6.04. The molecule has 2 unspecified atom stereocenters. The molecular weight excluding hydrogens is 188 g/mol. The number of amides is 1. The first-order chi connectivity index (χ1) is 6.74. The van der Waals surface area contributed by atoms with E-state index in [-0.39, 0.29) is 0 Å². The first kappa shape index (κ1) is 9.38. The third-order valence-corrected chi connectivity index (χ3v) is 2.36. The van der Waals surface area contributed by atoms with Gasteiger partial charge in [-0.05, 0) is 6.42 Å². The van der Waals surface area contributed by atoms with E-state index in [0.29, 0.717) is 18.9 Å². The molecule has 2 aliphatic heterocycles. The van der Waals surface area contributed by atoms with E-state index in [0.717, 1.165) is 6.42 Å². The normalized spacial score (nSPS) is 31.0. The number of carbonyl (C=O) groups excluding carboxylic acids is 1. The molecule has 2 atom stereocenters. The highest BCUT2D eigenvalue weighted by atomic mass is 16.5. The van der Waals surface area contributed by atoms with Gasteiger partial charge in [-0.15, -0.1) is 0 Å². The third kappa shape index (κ3) is 1.35. The highest BCUT2D eigenvalue weighted by Gasteiger charge is 2.42. The Bertz CT molecular complexity index is 280. The van der Waals surface area contributed by atoms with E-state index in [1.807, 2.05) is 0 Å². The summed E-state index contributed by atoms with van der Waals surface area (Å²) in [4.78, 5) is 15.4. The van der Waals surface area contributed by atoms with Gasteiger partial charge in [0.25, 0.3) is 5.91 Å². The van der Waals surface area contributed by atoms with Crippen LogP contribution >= 0.6 is 0 Å². The van der Waals surface area contributed by atoms with Gasteiger partial charge in [0.2, 0.25) is 0 Å². The first-order valence-electron chi connectivity index (χ1n) is 4.44. The molecule has 2 heterocycles. The monoisotopic (exact) mass is 200 g/mol. The van der Waals surface area contributed by atoms with E-state index in [9.17, 15) is 9.90 Å². The number of hydrazine groups is 1. The molecule has 0 aromatic rings.